The molecule has 1 aromatic carbocycles. The number of nitrogens with one attached hydrogen (secondary N) is 2. The predicted octanol–water partition coefficient (Wildman–Crippen LogP) is 1.50. The van der Waals surface area contributed by atoms with Crippen molar-refractivity contribution in [1.29, 1.82) is 0 Å². The number of ether oxygens (including phenoxy) is 2. The Balaban J connectivity index is 0.00000220. The van der Waals surface area contributed by atoms with Crippen LogP contribution in [-0.2, 0) is 16.1 Å². The molecule has 21 heavy (non-hydrogen) atoms. The molecule has 1 atom stereocenters. The van der Waals surface area contributed by atoms with Crippen LogP contribution in [0, 0.1) is 0 Å². The van der Waals surface area contributed by atoms with E-state index in [0.29, 0.717) is 19.8 Å². The molecule has 1 aliphatic rings. The van der Waals surface area contributed by atoms with Crippen LogP contribution in [0.25, 0.3) is 0 Å². The molecule has 1 saturated heterocycles. The van der Waals surface area contributed by atoms with E-state index in [2.05, 4.69) is 10.6 Å². The summed E-state index contributed by atoms with van der Waals surface area (Å²) in [5.41, 5.74) is 1.09. The second-order valence-electron chi connectivity index (χ2n) is 4.84. The van der Waals surface area contributed by atoms with Crippen LogP contribution in [0.2, 0.25) is 0 Å². The number of hydrogen-bond acceptors (Lipinski definition) is 4. The van der Waals surface area contributed by atoms with Crippen molar-refractivity contribution in [3.63, 3.8) is 0 Å². The number of hydrogen-bond donors (Lipinski definition) is 2. The topological polar surface area (TPSA) is 59.6 Å². The molecule has 0 aliphatic carbocycles. The maximum Gasteiger partial charge on any atom is 0.237 e. The quantitative estimate of drug-likeness (QED) is 0.749. The molecule has 2 N–H and O–H groups in total. The van der Waals surface area contributed by atoms with E-state index in [-0.39, 0.29) is 24.4 Å². The molecule has 1 aliphatic heterocycles. The van der Waals surface area contributed by atoms with Gasteiger partial charge in [0.15, 0.2) is 0 Å². The van der Waals surface area contributed by atoms with Crippen molar-refractivity contribution in [3.8, 4) is 5.75 Å². The van der Waals surface area contributed by atoms with E-state index in [9.17, 15) is 4.79 Å². The average Bonchev–Trinajstić information content (AvgIpc) is 3.01. The third-order valence-electron chi connectivity index (χ3n) is 3.35. The molecule has 1 amide bonds. The molecule has 0 saturated carbocycles. The summed E-state index contributed by atoms with van der Waals surface area (Å²) in [5.74, 6) is 0.917. The van der Waals surface area contributed by atoms with Gasteiger partial charge < -0.3 is 20.1 Å². The van der Waals surface area contributed by atoms with Crippen molar-refractivity contribution in [2.75, 3.05) is 26.8 Å². The van der Waals surface area contributed by atoms with E-state index in [1.165, 1.54) is 0 Å². The van der Waals surface area contributed by atoms with Gasteiger partial charge in [-0.2, -0.15) is 0 Å². The lowest BCUT2D eigenvalue weighted by atomic mass is 10.2. The van der Waals surface area contributed by atoms with Crippen molar-refractivity contribution < 1.29 is 14.3 Å². The minimum Gasteiger partial charge on any atom is -0.497 e. The molecule has 6 heteroatoms. The highest BCUT2D eigenvalue weighted by Crippen LogP contribution is 2.11. The Labute approximate surface area is 131 Å². The van der Waals surface area contributed by atoms with Crippen LogP contribution in [0.15, 0.2) is 24.3 Å². The Hall–Kier alpha value is -1.30. The van der Waals surface area contributed by atoms with Gasteiger partial charge in [0.2, 0.25) is 5.91 Å². The van der Waals surface area contributed by atoms with E-state index in [1.54, 1.807) is 7.11 Å². The fourth-order valence-corrected chi connectivity index (χ4v) is 2.19. The highest BCUT2D eigenvalue weighted by Gasteiger charge is 2.20. The number of rotatable bonds is 7. The highest BCUT2D eigenvalue weighted by molar-refractivity contribution is 5.85. The van der Waals surface area contributed by atoms with Crippen LogP contribution < -0.4 is 15.4 Å². The largest absolute Gasteiger partial charge is 0.497 e. The molecule has 2 rings (SSSR count). The first-order valence-electron chi connectivity index (χ1n) is 7.01. The molecule has 0 bridgehead atoms. The maximum absolute atomic E-state index is 11.7. The molecule has 1 aromatic rings. The van der Waals surface area contributed by atoms with Crippen LogP contribution in [0.4, 0.5) is 0 Å². The van der Waals surface area contributed by atoms with Crippen molar-refractivity contribution in [1.82, 2.24) is 10.6 Å². The maximum atomic E-state index is 11.7. The lowest BCUT2D eigenvalue weighted by Crippen LogP contribution is -2.41. The first-order valence-corrected chi connectivity index (χ1v) is 7.01. The summed E-state index contributed by atoms with van der Waals surface area (Å²) < 4.78 is 10.6. The summed E-state index contributed by atoms with van der Waals surface area (Å²) in [6.45, 7) is 2.55. The fourth-order valence-electron chi connectivity index (χ4n) is 2.19. The smallest absolute Gasteiger partial charge is 0.237 e. The van der Waals surface area contributed by atoms with Crippen molar-refractivity contribution in [2.24, 2.45) is 0 Å². The normalized spacial score (nSPS) is 17.1. The zero-order valence-electron chi connectivity index (χ0n) is 12.3. The number of halogens is 1. The fraction of sp³-hybridized carbons (Fsp3) is 0.533. The van der Waals surface area contributed by atoms with Crippen LogP contribution in [0.1, 0.15) is 18.4 Å². The van der Waals surface area contributed by atoms with Gasteiger partial charge in [0.05, 0.1) is 26.4 Å². The van der Waals surface area contributed by atoms with Gasteiger partial charge in [0, 0.05) is 6.54 Å². The summed E-state index contributed by atoms with van der Waals surface area (Å²) in [6, 6.07) is 7.75. The molecule has 1 heterocycles. The molecular formula is C15H23ClN2O3. The third kappa shape index (κ3) is 5.91. The summed E-state index contributed by atoms with van der Waals surface area (Å²) in [5, 5.41) is 6.05. The molecule has 1 unspecified atom stereocenters. The summed E-state index contributed by atoms with van der Waals surface area (Å²) in [4.78, 5) is 11.7. The second kappa shape index (κ2) is 9.60. The van der Waals surface area contributed by atoms with Crippen LogP contribution in [-0.4, -0.2) is 38.8 Å². The second-order valence-corrected chi connectivity index (χ2v) is 4.84. The van der Waals surface area contributed by atoms with E-state index >= 15 is 0 Å². The average molecular weight is 315 g/mol. The first kappa shape index (κ1) is 17.8. The molecule has 0 aromatic heterocycles. The lowest BCUT2D eigenvalue weighted by Gasteiger charge is -2.11. The molecule has 5 nitrogen and oxygen atoms in total. The zero-order valence-corrected chi connectivity index (χ0v) is 13.1. The van der Waals surface area contributed by atoms with Crippen LogP contribution in [0.3, 0.4) is 0 Å². The SMILES string of the molecule is COc1ccc(COCCNC(=O)C2CCCN2)cc1.Cl. The van der Waals surface area contributed by atoms with Gasteiger partial charge >= 0.3 is 0 Å². The number of benzene rings is 1. The minimum absolute atomic E-state index is 0. The van der Waals surface area contributed by atoms with Crippen LogP contribution in [0.5, 0.6) is 5.75 Å². The number of carbonyl (C=O) groups is 1. The Morgan fingerprint density at radius 3 is 2.76 bits per heavy atom. The molecule has 0 radical (unpaired) electrons. The number of amides is 1. The van der Waals surface area contributed by atoms with E-state index in [0.717, 1.165) is 30.7 Å². The summed E-state index contributed by atoms with van der Waals surface area (Å²) in [7, 11) is 1.65. The van der Waals surface area contributed by atoms with E-state index in [1.807, 2.05) is 24.3 Å². The summed E-state index contributed by atoms with van der Waals surface area (Å²) in [6.07, 6.45) is 2.00. The zero-order chi connectivity index (χ0) is 14.2. The Bertz CT molecular complexity index is 419. The van der Waals surface area contributed by atoms with Gasteiger partial charge in [-0.25, -0.2) is 0 Å². The monoisotopic (exact) mass is 314 g/mol. The van der Waals surface area contributed by atoms with Crippen molar-refractivity contribution in [3.05, 3.63) is 29.8 Å². The Kier molecular flexibility index (Phi) is 8.12. The predicted molar refractivity (Wildman–Crippen MR) is 83.9 cm³/mol. The van der Waals surface area contributed by atoms with Gasteiger partial charge in [0.25, 0.3) is 0 Å². The molecule has 1 fully saturated rings. The Morgan fingerprint density at radius 1 is 1.38 bits per heavy atom. The minimum atomic E-state index is -0.0170. The third-order valence-corrected chi connectivity index (χ3v) is 3.35. The highest BCUT2D eigenvalue weighted by atomic mass is 35.5. The van der Waals surface area contributed by atoms with Crippen molar-refractivity contribution >= 4 is 18.3 Å². The van der Waals surface area contributed by atoms with Crippen LogP contribution >= 0.6 is 12.4 Å². The first-order chi connectivity index (χ1) is 9.79. The molecule has 118 valence electrons. The van der Waals surface area contributed by atoms with E-state index < -0.39 is 0 Å². The van der Waals surface area contributed by atoms with Gasteiger partial charge in [0.1, 0.15) is 5.75 Å². The molecule has 0 spiro atoms. The van der Waals surface area contributed by atoms with Gasteiger partial charge in [-0.05, 0) is 37.1 Å². The Morgan fingerprint density at radius 2 is 2.14 bits per heavy atom. The van der Waals surface area contributed by atoms with Gasteiger partial charge in [-0.15, -0.1) is 12.4 Å². The van der Waals surface area contributed by atoms with E-state index in [4.69, 9.17) is 9.47 Å². The van der Waals surface area contributed by atoms with Gasteiger partial charge in [-0.3, -0.25) is 4.79 Å². The number of methoxy groups -OCH3 is 1. The lowest BCUT2D eigenvalue weighted by molar-refractivity contribution is -0.123. The number of carbonyl (C=O) groups excluding carboxylic acids is 1. The standard InChI is InChI=1S/C15H22N2O3.ClH/c1-19-13-6-4-12(5-7-13)11-20-10-9-17-15(18)14-3-2-8-16-14;/h4-7,14,16H,2-3,8-11H2,1H3,(H,17,18);1H. The van der Waals surface area contributed by atoms with Crippen molar-refractivity contribution in [2.45, 2.75) is 25.5 Å². The molecular weight excluding hydrogens is 292 g/mol. The van der Waals surface area contributed by atoms with Gasteiger partial charge in [-0.1, -0.05) is 12.1 Å². The summed E-state index contributed by atoms with van der Waals surface area (Å²) >= 11 is 0.